The number of nitrogens with one attached hydrogen (secondary N) is 2. The molecule has 1 aromatic rings. The Kier molecular flexibility index (Phi) is 4.93. The Morgan fingerprint density at radius 2 is 1.89 bits per heavy atom. The van der Waals surface area contributed by atoms with Gasteiger partial charge in [-0.25, -0.2) is 4.79 Å². The van der Waals surface area contributed by atoms with Crippen molar-refractivity contribution in [3.8, 4) is 0 Å². The Hall–Kier alpha value is -2.29. The van der Waals surface area contributed by atoms with E-state index in [1.807, 2.05) is 38.1 Å². The molecule has 2 N–H and O–H groups in total. The van der Waals surface area contributed by atoms with E-state index in [1.54, 1.807) is 12.2 Å². The van der Waals surface area contributed by atoms with Crippen molar-refractivity contribution in [2.24, 2.45) is 0 Å². The Bertz CT molecular complexity index is 484. The van der Waals surface area contributed by atoms with E-state index in [2.05, 4.69) is 23.8 Å². The van der Waals surface area contributed by atoms with Gasteiger partial charge in [0.15, 0.2) is 0 Å². The normalized spacial score (nSPS) is 10.7. The van der Waals surface area contributed by atoms with Crippen LogP contribution in [0, 0.1) is 6.92 Å². The number of amides is 2. The highest BCUT2D eigenvalue weighted by atomic mass is 16.2. The minimum atomic E-state index is -0.296. The molecule has 0 aliphatic rings. The Morgan fingerprint density at radius 1 is 1.28 bits per heavy atom. The molecule has 0 aliphatic heterocycles. The van der Waals surface area contributed by atoms with Gasteiger partial charge in [0.05, 0.1) is 0 Å². The first-order valence-corrected chi connectivity index (χ1v) is 5.66. The van der Waals surface area contributed by atoms with Gasteiger partial charge in [-0.05, 0) is 37.6 Å². The van der Waals surface area contributed by atoms with Gasteiger partial charge in [-0.3, -0.25) is 0 Å². The van der Waals surface area contributed by atoms with Gasteiger partial charge in [0, 0.05) is 11.4 Å². The number of carbonyl (C=O) groups excluding carboxylic acids is 1. The number of anilines is 1. The highest BCUT2D eigenvalue weighted by Gasteiger charge is 2.04. The molecule has 94 valence electrons. The lowest BCUT2D eigenvalue weighted by Gasteiger charge is -2.10. The van der Waals surface area contributed by atoms with Crippen LogP contribution in [0.1, 0.15) is 12.5 Å². The number of aryl methyl sites for hydroxylation is 1. The molecule has 3 heteroatoms. The molecule has 0 unspecified atom stereocenters. The molecule has 3 nitrogen and oxygen atoms in total. The molecule has 0 bridgehead atoms. The molecular weight excluding hydrogens is 224 g/mol. The predicted molar refractivity (Wildman–Crippen MR) is 76.4 cm³/mol. The maximum absolute atomic E-state index is 11.7. The van der Waals surface area contributed by atoms with Crippen LogP contribution in [0.3, 0.4) is 0 Å². The number of carbonyl (C=O) groups is 1. The Morgan fingerprint density at radius 3 is 2.39 bits per heavy atom. The van der Waals surface area contributed by atoms with E-state index in [0.29, 0.717) is 5.70 Å². The number of urea groups is 1. The van der Waals surface area contributed by atoms with Crippen LogP contribution in [-0.4, -0.2) is 6.03 Å². The lowest BCUT2D eigenvalue weighted by Crippen LogP contribution is -2.28. The summed E-state index contributed by atoms with van der Waals surface area (Å²) in [6.07, 6.45) is 3.31. The summed E-state index contributed by atoms with van der Waals surface area (Å²) in [5, 5.41) is 5.47. The van der Waals surface area contributed by atoms with Crippen molar-refractivity contribution < 1.29 is 4.79 Å². The third-order valence-corrected chi connectivity index (χ3v) is 2.30. The van der Waals surface area contributed by atoms with Gasteiger partial charge in [0.25, 0.3) is 0 Å². The molecule has 0 atom stereocenters. The summed E-state index contributed by atoms with van der Waals surface area (Å²) in [7, 11) is 0. The standard InChI is InChI=1S/C15H18N2O/c1-5-6-14(11(2)3)17-15(18)16-13-9-7-12(4)8-10-13/h5-10H,1-2H2,3-4H3,(H2,16,17,18)/b14-6+. The van der Waals surface area contributed by atoms with Crippen molar-refractivity contribution in [3.63, 3.8) is 0 Å². The fraction of sp³-hybridized carbons (Fsp3) is 0.133. The van der Waals surface area contributed by atoms with E-state index in [0.717, 1.165) is 16.8 Å². The third-order valence-electron chi connectivity index (χ3n) is 2.30. The maximum atomic E-state index is 11.7. The zero-order chi connectivity index (χ0) is 13.5. The molecular formula is C15H18N2O. The highest BCUT2D eigenvalue weighted by molar-refractivity contribution is 5.90. The van der Waals surface area contributed by atoms with Crippen molar-refractivity contribution >= 4 is 11.7 Å². The first kappa shape index (κ1) is 13.8. The summed E-state index contributed by atoms with van der Waals surface area (Å²) in [5.41, 5.74) is 3.32. The van der Waals surface area contributed by atoms with Gasteiger partial charge < -0.3 is 10.6 Å². The van der Waals surface area contributed by atoms with Crippen LogP contribution in [0.25, 0.3) is 0 Å². The summed E-state index contributed by atoms with van der Waals surface area (Å²) < 4.78 is 0. The molecule has 18 heavy (non-hydrogen) atoms. The van der Waals surface area contributed by atoms with Crippen molar-refractivity contribution in [3.05, 3.63) is 66.4 Å². The van der Waals surface area contributed by atoms with Gasteiger partial charge in [0.2, 0.25) is 0 Å². The van der Waals surface area contributed by atoms with E-state index in [9.17, 15) is 4.79 Å². The van der Waals surface area contributed by atoms with Gasteiger partial charge in [-0.1, -0.05) is 36.9 Å². The molecule has 0 aromatic heterocycles. The van der Waals surface area contributed by atoms with Crippen molar-refractivity contribution in [2.45, 2.75) is 13.8 Å². The van der Waals surface area contributed by atoms with Crippen LogP contribution in [-0.2, 0) is 0 Å². The van der Waals surface area contributed by atoms with Gasteiger partial charge in [0.1, 0.15) is 0 Å². The number of hydrogen-bond donors (Lipinski definition) is 2. The predicted octanol–water partition coefficient (Wildman–Crippen LogP) is 3.76. The second-order valence-corrected chi connectivity index (χ2v) is 4.04. The molecule has 0 aliphatic carbocycles. The fourth-order valence-corrected chi connectivity index (χ4v) is 1.33. The second kappa shape index (κ2) is 6.45. The minimum absolute atomic E-state index is 0.296. The summed E-state index contributed by atoms with van der Waals surface area (Å²) in [5.74, 6) is 0. The average molecular weight is 242 g/mol. The fourth-order valence-electron chi connectivity index (χ4n) is 1.33. The van der Waals surface area contributed by atoms with E-state index >= 15 is 0 Å². The highest BCUT2D eigenvalue weighted by Crippen LogP contribution is 2.09. The Labute approximate surface area is 108 Å². The van der Waals surface area contributed by atoms with E-state index < -0.39 is 0 Å². The first-order valence-electron chi connectivity index (χ1n) is 5.66. The molecule has 2 amide bonds. The summed E-state index contributed by atoms with van der Waals surface area (Å²) in [6, 6.07) is 7.29. The third kappa shape index (κ3) is 4.29. The number of hydrogen-bond acceptors (Lipinski definition) is 1. The van der Waals surface area contributed by atoms with Crippen LogP contribution in [0.2, 0.25) is 0 Å². The lowest BCUT2D eigenvalue weighted by atomic mass is 10.2. The van der Waals surface area contributed by atoms with Gasteiger partial charge >= 0.3 is 6.03 Å². The van der Waals surface area contributed by atoms with Crippen LogP contribution in [0.5, 0.6) is 0 Å². The molecule has 1 aromatic carbocycles. The van der Waals surface area contributed by atoms with Crippen molar-refractivity contribution in [2.75, 3.05) is 5.32 Å². The topological polar surface area (TPSA) is 41.1 Å². The van der Waals surface area contributed by atoms with E-state index in [-0.39, 0.29) is 6.03 Å². The second-order valence-electron chi connectivity index (χ2n) is 4.04. The zero-order valence-electron chi connectivity index (χ0n) is 10.8. The summed E-state index contributed by atoms with van der Waals surface area (Å²) in [6.45, 7) is 11.2. The van der Waals surface area contributed by atoms with Crippen molar-refractivity contribution in [1.82, 2.24) is 5.32 Å². The minimum Gasteiger partial charge on any atom is -0.308 e. The monoisotopic (exact) mass is 242 g/mol. The molecule has 0 fully saturated rings. The summed E-state index contributed by atoms with van der Waals surface area (Å²) in [4.78, 5) is 11.7. The summed E-state index contributed by atoms with van der Waals surface area (Å²) >= 11 is 0. The lowest BCUT2D eigenvalue weighted by molar-refractivity contribution is 0.254. The molecule has 0 saturated heterocycles. The number of benzene rings is 1. The van der Waals surface area contributed by atoms with Crippen LogP contribution in [0.4, 0.5) is 10.5 Å². The SMILES string of the molecule is C=C/C=C(/NC(=O)Nc1ccc(C)cc1)C(=C)C. The van der Waals surface area contributed by atoms with Gasteiger partial charge in [-0.2, -0.15) is 0 Å². The molecule has 0 radical (unpaired) electrons. The maximum Gasteiger partial charge on any atom is 0.323 e. The molecule has 1 rings (SSSR count). The Balaban J connectivity index is 2.66. The van der Waals surface area contributed by atoms with Crippen molar-refractivity contribution in [1.29, 1.82) is 0 Å². The zero-order valence-corrected chi connectivity index (χ0v) is 10.8. The van der Waals surface area contributed by atoms with E-state index in [4.69, 9.17) is 0 Å². The average Bonchev–Trinajstić information content (AvgIpc) is 2.31. The largest absolute Gasteiger partial charge is 0.323 e. The first-order chi connectivity index (χ1) is 8.52. The smallest absolute Gasteiger partial charge is 0.308 e. The van der Waals surface area contributed by atoms with Crippen LogP contribution < -0.4 is 10.6 Å². The molecule has 0 heterocycles. The quantitative estimate of drug-likeness (QED) is 0.775. The molecule has 0 saturated carbocycles. The van der Waals surface area contributed by atoms with E-state index in [1.165, 1.54) is 0 Å². The van der Waals surface area contributed by atoms with Crippen LogP contribution in [0.15, 0.2) is 60.8 Å². The van der Waals surface area contributed by atoms with Gasteiger partial charge in [-0.15, -0.1) is 0 Å². The number of allylic oxidation sites excluding steroid dienone is 3. The molecule has 0 spiro atoms. The number of rotatable bonds is 4. The van der Waals surface area contributed by atoms with Crippen LogP contribution >= 0.6 is 0 Å².